The minimum absolute atomic E-state index is 0.159. The highest BCUT2D eigenvalue weighted by atomic mass is 32.2. The van der Waals surface area contributed by atoms with Gasteiger partial charge in [0.1, 0.15) is 10.6 Å². The Morgan fingerprint density at radius 3 is 2.41 bits per heavy atom. The van der Waals surface area contributed by atoms with Crippen LogP contribution in [0.3, 0.4) is 0 Å². The molecule has 0 radical (unpaired) electrons. The van der Waals surface area contributed by atoms with Crippen LogP contribution in [-0.2, 0) is 11.4 Å². The van der Waals surface area contributed by atoms with Crippen LogP contribution in [-0.4, -0.2) is 19.5 Å². The van der Waals surface area contributed by atoms with Gasteiger partial charge in [0.2, 0.25) is 0 Å². The van der Waals surface area contributed by atoms with Gasteiger partial charge in [-0.15, -0.1) is 14.9 Å². The van der Waals surface area contributed by atoms with E-state index in [0.29, 0.717) is 5.82 Å². The summed E-state index contributed by atoms with van der Waals surface area (Å²) in [6.07, 6.45) is 0. The molecule has 1 aromatic heterocycles. The molecule has 0 saturated carbocycles. The second kappa shape index (κ2) is 6.64. The molecular weight excluding hydrogens is 296 g/mol. The second-order valence-corrected chi connectivity index (χ2v) is 8.16. The highest BCUT2D eigenvalue weighted by Gasteiger charge is 2.29. The van der Waals surface area contributed by atoms with Crippen molar-refractivity contribution in [3.8, 4) is 11.3 Å². The summed E-state index contributed by atoms with van der Waals surface area (Å²) in [6, 6.07) is 11.4. The summed E-state index contributed by atoms with van der Waals surface area (Å²) in [4.78, 5) is 0. The van der Waals surface area contributed by atoms with Crippen LogP contribution in [0.5, 0.6) is 0 Å². The number of nitrogens with zero attached hydrogens (tertiary/aromatic N) is 2. The van der Waals surface area contributed by atoms with E-state index in [0.717, 1.165) is 16.8 Å². The number of hydrogen-bond donors (Lipinski definition) is 2. The Bertz CT molecular complexity index is 628. The predicted octanol–water partition coefficient (Wildman–Crippen LogP) is 2.84. The molecule has 0 unspecified atom stereocenters. The number of hydrogen-bond acceptors (Lipinski definition) is 5. The van der Waals surface area contributed by atoms with Gasteiger partial charge >= 0.3 is 0 Å². The SMILES string of the molecule is C[C@@H](N[S@@+]([O-])C(C)(C)C)c1cc(N)nnc1-c1ccccc1. The molecule has 0 saturated heterocycles. The summed E-state index contributed by atoms with van der Waals surface area (Å²) in [7, 11) is 0. The van der Waals surface area contributed by atoms with Crippen LogP contribution in [0.15, 0.2) is 36.4 Å². The lowest BCUT2D eigenvalue weighted by atomic mass is 10.0. The van der Waals surface area contributed by atoms with Crippen molar-refractivity contribution in [1.82, 2.24) is 14.9 Å². The van der Waals surface area contributed by atoms with Gasteiger partial charge in [-0.05, 0) is 33.8 Å². The van der Waals surface area contributed by atoms with Gasteiger partial charge < -0.3 is 10.3 Å². The molecule has 3 N–H and O–H groups in total. The van der Waals surface area contributed by atoms with E-state index < -0.39 is 11.4 Å². The largest absolute Gasteiger partial charge is 0.598 e. The van der Waals surface area contributed by atoms with E-state index in [9.17, 15) is 4.55 Å². The molecule has 2 atom stereocenters. The van der Waals surface area contributed by atoms with E-state index >= 15 is 0 Å². The molecule has 1 heterocycles. The quantitative estimate of drug-likeness (QED) is 0.846. The molecule has 0 fully saturated rings. The monoisotopic (exact) mass is 318 g/mol. The summed E-state index contributed by atoms with van der Waals surface area (Å²) in [5.74, 6) is 0.352. The zero-order chi connectivity index (χ0) is 16.3. The Balaban J connectivity index is 2.36. The number of benzene rings is 1. The van der Waals surface area contributed by atoms with E-state index in [1.165, 1.54) is 0 Å². The van der Waals surface area contributed by atoms with Gasteiger partial charge in [0.15, 0.2) is 0 Å². The van der Waals surface area contributed by atoms with Crippen LogP contribution < -0.4 is 10.5 Å². The first kappa shape index (κ1) is 16.7. The maximum Gasteiger partial charge on any atom is 0.146 e. The summed E-state index contributed by atoms with van der Waals surface area (Å²) in [5.41, 5.74) is 8.38. The summed E-state index contributed by atoms with van der Waals surface area (Å²) in [5, 5.41) is 8.18. The third kappa shape index (κ3) is 3.97. The van der Waals surface area contributed by atoms with Crippen LogP contribution in [0, 0.1) is 0 Å². The molecule has 0 amide bonds. The summed E-state index contributed by atoms with van der Waals surface area (Å²) in [6.45, 7) is 7.74. The molecule has 0 aliphatic heterocycles. The normalized spacial score (nSPS) is 14.6. The van der Waals surface area contributed by atoms with Gasteiger partial charge in [-0.2, -0.15) is 0 Å². The zero-order valence-corrected chi connectivity index (χ0v) is 14.1. The van der Waals surface area contributed by atoms with Crippen LogP contribution >= 0.6 is 0 Å². The Morgan fingerprint density at radius 2 is 1.82 bits per heavy atom. The Labute approximate surface area is 134 Å². The maximum absolute atomic E-state index is 12.3. The van der Waals surface area contributed by atoms with E-state index in [2.05, 4.69) is 14.9 Å². The van der Waals surface area contributed by atoms with Crippen LogP contribution in [0.2, 0.25) is 0 Å². The highest BCUT2D eigenvalue weighted by Crippen LogP contribution is 2.28. The predicted molar refractivity (Wildman–Crippen MR) is 91.3 cm³/mol. The molecular formula is C16H22N4OS. The van der Waals surface area contributed by atoms with E-state index in [1.807, 2.05) is 58.0 Å². The average Bonchev–Trinajstić information content (AvgIpc) is 2.47. The number of nitrogen functional groups attached to an aromatic ring is 1. The maximum atomic E-state index is 12.3. The van der Waals surface area contributed by atoms with Gasteiger partial charge in [-0.1, -0.05) is 30.3 Å². The lowest BCUT2D eigenvalue weighted by molar-refractivity contribution is 0.531. The first-order valence-electron chi connectivity index (χ1n) is 7.15. The molecule has 0 spiro atoms. The van der Waals surface area contributed by atoms with Gasteiger partial charge in [-0.3, -0.25) is 0 Å². The molecule has 0 aliphatic carbocycles. The fraction of sp³-hybridized carbons (Fsp3) is 0.375. The molecule has 118 valence electrons. The Morgan fingerprint density at radius 1 is 1.18 bits per heavy atom. The third-order valence-electron chi connectivity index (χ3n) is 3.20. The van der Waals surface area contributed by atoms with Crippen LogP contribution in [0.25, 0.3) is 11.3 Å². The third-order valence-corrected chi connectivity index (χ3v) is 4.88. The van der Waals surface area contributed by atoms with E-state index in [4.69, 9.17) is 5.73 Å². The zero-order valence-electron chi connectivity index (χ0n) is 13.3. The standard InChI is InChI=1S/C16H22N4OS/c1-11(20-22(21)16(2,3)4)13-10-14(17)18-19-15(13)12-8-6-5-7-9-12/h5-11,20H,1-4H3,(H2,17,18)/t11-,22+/m1/s1. The van der Waals surface area contributed by atoms with Gasteiger partial charge in [0.05, 0.1) is 11.7 Å². The fourth-order valence-corrected chi connectivity index (χ4v) is 2.77. The van der Waals surface area contributed by atoms with Crippen molar-refractivity contribution in [3.63, 3.8) is 0 Å². The molecule has 2 aromatic rings. The van der Waals surface area contributed by atoms with Gasteiger partial charge in [0, 0.05) is 22.5 Å². The highest BCUT2D eigenvalue weighted by molar-refractivity contribution is 7.90. The minimum Gasteiger partial charge on any atom is -0.598 e. The molecule has 6 heteroatoms. The molecule has 5 nitrogen and oxygen atoms in total. The first-order valence-corrected chi connectivity index (χ1v) is 8.30. The van der Waals surface area contributed by atoms with Gasteiger partial charge in [-0.25, -0.2) is 0 Å². The van der Waals surface area contributed by atoms with Crippen molar-refractivity contribution < 1.29 is 4.55 Å². The number of rotatable bonds is 4. The van der Waals surface area contributed by atoms with Crippen molar-refractivity contribution in [1.29, 1.82) is 0 Å². The van der Waals surface area contributed by atoms with E-state index in [1.54, 1.807) is 6.07 Å². The summed E-state index contributed by atoms with van der Waals surface area (Å²) >= 11 is -1.18. The lowest BCUT2D eigenvalue weighted by Gasteiger charge is -2.27. The van der Waals surface area contributed by atoms with Crippen molar-refractivity contribution in [3.05, 3.63) is 42.0 Å². The van der Waals surface area contributed by atoms with Crippen LogP contribution in [0.1, 0.15) is 39.3 Å². The van der Waals surface area contributed by atoms with Crippen molar-refractivity contribution >= 4 is 17.2 Å². The molecule has 2 rings (SSSR count). The Kier molecular flexibility index (Phi) is 5.05. The molecule has 1 aromatic carbocycles. The van der Waals surface area contributed by atoms with Crippen LogP contribution in [0.4, 0.5) is 5.82 Å². The van der Waals surface area contributed by atoms with Gasteiger partial charge in [0.25, 0.3) is 0 Å². The molecule has 0 aliphatic rings. The minimum atomic E-state index is -1.18. The average molecular weight is 318 g/mol. The summed E-state index contributed by atoms with van der Waals surface area (Å²) < 4.78 is 15.1. The number of nitrogens with one attached hydrogen (secondary N) is 1. The first-order chi connectivity index (χ1) is 10.3. The lowest BCUT2D eigenvalue weighted by Crippen LogP contribution is -2.40. The number of nitrogens with two attached hydrogens (primary N) is 1. The van der Waals surface area contributed by atoms with Crippen molar-refractivity contribution in [2.24, 2.45) is 0 Å². The number of aromatic nitrogens is 2. The second-order valence-electron chi connectivity index (χ2n) is 6.16. The topological polar surface area (TPSA) is 86.9 Å². The van der Waals surface area contributed by atoms with Crippen molar-refractivity contribution in [2.45, 2.75) is 38.5 Å². The Hall–Kier alpha value is -1.63. The van der Waals surface area contributed by atoms with Crippen molar-refractivity contribution in [2.75, 3.05) is 5.73 Å². The fourth-order valence-electron chi connectivity index (χ4n) is 1.97. The molecule has 0 bridgehead atoms. The number of anilines is 1. The van der Waals surface area contributed by atoms with E-state index in [-0.39, 0.29) is 10.8 Å². The molecule has 22 heavy (non-hydrogen) atoms. The smallest absolute Gasteiger partial charge is 0.146 e.